The first-order chi connectivity index (χ1) is 7.07. The molecule has 4 nitrogen and oxygen atoms in total. The normalized spacial score (nSPS) is 28.7. The molecule has 1 aliphatic heterocycles. The first-order valence-electron chi connectivity index (χ1n) is 5.65. The van der Waals surface area contributed by atoms with E-state index < -0.39 is 12.0 Å². The molecule has 2 N–H and O–H groups in total. The third-order valence-electron chi connectivity index (χ3n) is 2.84. The Kier molecular flexibility index (Phi) is 4.54. The van der Waals surface area contributed by atoms with Gasteiger partial charge >= 0.3 is 5.97 Å². The molecule has 0 radical (unpaired) electrons. The van der Waals surface area contributed by atoms with Crippen molar-refractivity contribution in [1.29, 1.82) is 0 Å². The maximum absolute atomic E-state index is 11.0. The summed E-state index contributed by atoms with van der Waals surface area (Å²) < 4.78 is 5.39. The van der Waals surface area contributed by atoms with Crippen molar-refractivity contribution in [2.24, 2.45) is 0 Å². The number of hydrogen-bond donors (Lipinski definition) is 2. The zero-order valence-corrected chi connectivity index (χ0v) is 9.58. The number of carboxylic acid groups (broad SMARTS) is 1. The molecule has 1 fully saturated rings. The highest BCUT2D eigenvalue weighted by Gasteiger charge is 2.31. The van der Waals surface area contributed by atoms with E-state index in [1.165, 1.54) is 0 Å². The van der Waals surface area contributed by atoms with Gasteiger partial charge in [0.05, 0.1) is 6.61 Å². The molecular weight excluding hydrogens is 194 g/mol. The van der Waals surface area contributed by atoms with Crippen molar-refractivity contribution in [3.05, 3.63) is 0 Å². The first-order valence-corrected chi connectivity index (χ1v) is 5.65. The van der Waals surface area contributed by atoms with E-state index in [4.69, 9.17) is 9.84 Å². The van der Waals surface area contributed by atoms with E-state index in [1.807, 2.05) is 13.8 Å². The number of carbonyl (C=O) groups is 1. The van der Waals surface area contributed by atoms with E-state index in [0.717, 1.165) is 25.9 Å². The lowest BCUT2D eigenvalue weighted by Crippen LogP contribution is -2.55. The van der Waals surface area contributed by atoms with Crippen LogP contribution in [-0.2, 0) is 9.53 Å². The van der Waals surface area contributed by atoms with Crippen molar-refractivity contribution in [2.75, 3.05) is 13.2 Å². The second kappa shape index (κ2) is 5.47. The van der Waals surface area contributed by atoms with Gasteiger partial charge in [-0.05, 0) is 26.2 Å². The number of rotatable bonds is 5. The van der Waals surface area contributed by atoms with Gasteiger partial charge in [0.25, 0.3) is 0 Å². The van der Waals surface area contributed by atoms with E-state index in [1.54, 1.807) is 0 Å². The molecule has 2 unspecified atom stereocenters. The van der Waals surface area contributed by atoms with E-state index in [9.17, 15) is 4.79 Å². The van der Waals surface area contributed by atoms with Gasteiger partial charge in [0.15, 0.2) is 0 Å². The molecule has 1 saturated heterocycles. The summed E-state index contributed by atoms with van der Waals surface area (Å²) in [5, 5.41) is 12.3. The minimum atomic E-state index is -0.761. The predicted octanol–water partition coefficient (Wildman–Crippen LogP) is 1.40. The van der Waals surface area contributed by atoms with Crippen molar-refractivity contribution < 1.29 is 14.6 Å². The van der Waals surface area contributed by atoms with Gasteiger partial charge in [0, 0.05) is 12.1 Å². The predicted molar refractivity (Wildman–Crippen MR) is 57.9 cm³/mol. The lowest BCUT2D eigenvalue weighted by atomic mass is 9.93. The first kappa shape index (κ1) is 12.5. The summed E-state index contributed by atoms with van der Waals surface area (Å²) in [6.45, 7) is 5.44. The molecule has 2 atom stereocenters. The number of ether oxygens (including phenoxy) is 1. The van der Waals surface area contributed by atoms with Crippen LogP contribution < -0.4 is 5.32 Å². The van der Waals surface area contributed by atoms with Crippen LogP contribution in [0, 0.1) is 0 Å². The molecule has 1 aliphatic rings. The molecule has 0 bridgehead atoms. The summed E-state index contributed by atoms with van der Waals surface area (Å²) in [6, 6.07) is -0.443. The van der Waals surface area contributed by atoms with Crippen molar-refractivity contribution >= 4 is 5.97 Å². The van der Waals surface area contributed by atoms with Crippen molar-refractivity contribution in [3.8, 4) is 0 Å². The van der Waals surface area contributed by atoms with Gasteiger partial charge in [0.1, 0.15) is 6.04 Å². The number of carboxylic acids is 1. The second-order valence-corrected chi connectivity index (χ2v) is 4.54. The molecule has 0 aromatic rings. The van der Waals surface area contributed by atoms with Crippen LogP contribution in [0.15, 0.2) is 0 Å². The standard InChI is InChI=1S/C11H21NO3/c1-3-5-9(10(13)14)12-11(2)6-4-7-15-8-11/h9,12H,3-8H2,1-2H3,(H,13,14). The molecule has 0 aromatic heterocycles. The van der Waals surface area contributed by atoms with Gasteiger partial charge in [-0.15, -0.1) is 0 Å². The number of aliphatic carboxylic acids is 1. The average molecular weight is 215 g/mol. The summed E-state index contributed by atoms with van der Waals surface area (Å²) in [4.78, 5) is 11.0. The Balaban J connectivity index is 2.51. The quantitative estimate of drug-likeness (QED) is 0.727. The van der Waals surface area contributed by atoms with Crippen LogP contribution >= 0.6 is 0 Å². The maximum Gasteiger partial charge on any atom is 0.320 e. The summed E-state index contributed by atoms with van der Waals surface area (Å²) in [6.07, 6.45) is 3.54. The third kappa shape index (κ3) is 3.80. The highest BCUT2D eigenvalue weighted by Crippen LogP contribution is 2.19. The molecular formula is C11H21NO3. The topological polar surface area (TPSA) is 58.6 Å². The Hall–Kier alpha value is -0.610. The van der Waals surface area contributed by atoms with Gasteiger partial charge in [0.2, 0.25) is 0 Å². The Bertz CT molecular complexity index is 212. The molecule has 1 heterocycles. The maximum atomic E-state index is 11.0. The van der Waals surface area contributed by atoms with Crippen molar-refractivity contribution in [1.82, 2.24) is 5.32 Å². The fourth-order valence-electron chi connectivity index (χ4n) is 2.01. The van der Waals surface area contributed by atoms with Crippen LogP contribution in [-0.4, -0.2) is 35.9 Å². The van der Waals surface area contributed by atoms with Gasteiger partial charge < -0.3 is 9.84 Å². The number of hydrogen-bond acceptors (Lipinski definition) is 3. The molecule has 88 valence electrons. The minimum Gasteiger partial charge on any atom is -0.480 e. The van der Waals surface area contributed by atoms with E-state index >= 15 is 0 Å². The second-order valence-electron chi connectivity index (χ2n) is 4.54. The number of nitrogens with one attached hydrogen (secondary N) is 1. The minimum absolute atomic E-state index is 0.170. The fraction of sp³-hybridized carbons (Fsp3) is 0.909. The third-order valence-corrected chi connectivity index (χ3v) is 2.84. The molecule has 0 saturated carbocycles. The fourth-order valence-corrected chi connectivity index (χ4v) is 2.01. The van der Waals surface area contributed by atoms with Crippen molar-refractivity contribution in [3.63, 3.8) is 0 Å². The van der Waals surface area contributed by atoms with Gasteiger partial charge in [-0.2, -0.15) is 0 Å². The van der Waals surface area contributed by atoms with Crippen LogP contribution in [0.5, 0.6) is 0 Å². The molecule has 4 heteroatoms. The highest BCUT2D eigenvalue weighted by molar-refractivity contribution is 5.73. The van der Waals surface area contributed by atoms with Gasteiger partial charge in [-0.25, -0.2) is 0 Å². The van der Waals surface area contributed by atoms with Crippen LogP contribution in [0.1, 0.15) is 39.5 Å². The Labute approximate surface area is 91.0 Å². The highest BCUT2D eigenvalue weighted by atomic mass is 16.5. The molecule has 0 spiro atoms. The Morgan fingerprint density at radius 2 is 2.40 bits per heavy atom. The zero-order valence-electron chi connectivity index (χ0n) is 9.58. The smallest absolute Gasteiger partial charge is 0.320 e. The van der Waals surface area contributed by atoms with E-state index in [2.05, 4.69) is 5.32 Å². The van der Waals surface area contributed by atoms with Gasteiger partial charge in [-0.3, -0.25) is 10.1 Å². The van der Waals surface area contributed by atoms with Crippen LogP contribution in [0.4, 0.5) is 0 Å². The largest absolute Gasteiger partial charge is 0.480 e. The van der Waals surface area contributed by atoms with Crippen LogP contribution in [0.3, 0.4) is 0 Å². The molecule has 1 rings (SSSR count). The monoisotopic (exact) mass is 215 g/mol. The zero-order chi connectivity index (χ0) is 11.3. The average Bonchev–Trinajstić information content (AvgIpc) is 2.18. The summed E-state index contributed by atoms with van der Waals surface area (Å²) >= 11 is 0. The summed E-state index contributed by atoms with van der Waals surface area (Å²) in [5.74, 6) is -0.761. The van der Waals surface area contributed by atoms with Crippen LogP contribution in [0.25, 0.3) is 0 Å². The lowest BCUT2D eigenvalue weighted by molar-refractivity contribution is -0.140. The Morgan fingerprint density at radius 1 is 1.67 bits per heavy atom. The van der Waals surface area contributed by atoms with Crippen LogP contribution in [0.2, 0.25) is 0 Å². The molecule has 0 aromatic carbocycles. The summed E-state index contributed by atoms with van der Waals surface area (Å²) in [5.41, 5.74) is -0.170. The molecule has 0 amide bonds. The van der Waals surface area contributed by atoms with Gasteiger partial charge in [-0.1, -0.05) is 13.3 Å². The summed E-state index contributed by atoms with van der Waals surface area (Å²) in [7, 11) is 0. The van der Waals surface area contributed by atoms with E-state index in [0.29, 0.717) is 13.0 Å². The molecule has 15 heavy (non-hydrogen) atoms. The van der Waals surface area contributed by atoms with E-state index in [-0.39, 0.29) is 5.54 Å². The molecule has 0 aliphatic carbocycles. The Morgan fingerprint density at radius 3 is 2.87 bits per heavy atom. The lowest BCUT2D eigenvalue weighted by Gasteiger charge is -2.36. The van der Waals surface area contributed by atoms with Crippen molar-refractivity contribution in [2.45, 2.75) is 51.1 Å². The SMILES string of the molecule is CCCC(NC1(C)CCCOC1)C(=O)O.